The highest BCUT2D eigenvalue weighted by Crippen LogP contribution is 2.29. The third-order valence-corrected chi connectivity index (χ3v) is 5.23. The molecule has 0 spiro atoms. The Kier molecular flexibility index (Phi) is 5.39. The van der Waals surface area contributed by atoms with E-state index in [9.17, 15) is 4.79 Å². The first-order valence-corrected chi connectivity index (χ1v) is 10.3. The Morgan fingerprint density at radius 1 is 1.17 bits per heavy atom. The summed E-state index contributed by atoms with van der Waals surface area (Å²) in [5.41, 5.74) is 2.02. The van der Waals surface area contributed by atoms with Crippen molar-refractivity contribution in [1.29, 1.82) is 0 Å². The maximum absolute atomic E-state index is 12.7. The van der Waals surface area contributed by atoms with Crippen LogP contribution in [0, 0.1) is 0 Å². The molecule has 0 atom stereocenters. The highest BCUT2D eigenvalue weighted by molar-refractivity contribution is 6.33. The molecule has 0 bridgehead atoms. The van der Waals surface area contributed by atoms with Crippen molar-refractivity contribution in [3.8, 4) is 22.9 Å². The van der Waals surface area contributed by atoms with Crippen LogP contribution in [0.2, 0.25) is 5.02 Å². The molecule has 0 aliphatic rings. The zero-order valence-electron chi connectivity index (χ0n) is 17.5. The highest BCUT2D eigenvalue weighted by Gasteiger charge is 2.15. The van der Waals surface area contributed by atoms with E-state index in [0.29, 0.717) is 22.2 Å². The van der Waals surface area contributed by atoms with Crippen molar-refractivity contribution >= 4 is 17.1 Å². The summed E-state index contributed by atoms with van der Waals surface area (Å²) in [5.74, 6) is 2.05. The summed E-state index contributed by atoms with van der Waals surface area (Å²) in [7, 11) is 1.69. The molecule has 4 aromatic rings. The highest BCUT2D eigenvalue weighted by atomic mass is 35.5. The lowest BCUT2D eigenvalue weighted by molar-refractivity contribution is 0.430. The summed E-state index contributed by atoms with van der Waals surface area (Å²) in [4.78, 5) is 17.1. The van der Waals surface area contributed by atoms with Crippen LogP contribution in [0.1, 0.15) is 38.9 Å². The van der Waals surface area contributed by atoms with Gasteiger partial charge in [-0.2, -0.15) is 5.10 Å². The van der Waals surface area contributed by atoms with Crippen LogP contribution in [0.5, 0.6) is 11.6 Å². The van der Waals surface area contributed by atoms with Crippen molar-refractivity contribution in [2.75, 3.05) is 0 Å². The number of ether oxygens (including phenoxy) is 1. The van der Waals surface area contributed by atoms with E-state index >= 15 is 0 Å². The monoisotopic (exact) mass is 425 g/mol. The SMILES string of the molecule is CCCn1cc(Cl)c(-c2ccc(Oc3cn4c(C(C)C)ncc4c(=O)n3C)cc2)n1. The molecular formula is C22H24ClN5O2. The minimum absolute atomic E-state index is 0.156. The second-order valence-electron chi connectivity index (χ2n) is 7.57. The zero-order valence-corrected chi connectivity index (χ0v) is 18.2. The largest absolute Gasteiger partial charge is 0.439 e. The van der Waals surface area contributed by atoms with Crippen LogP contribution >= 0.6 is 11.6 Å². The summed E-state index contributed by atoms with van der Waals surface area (Å²) >= 11 is 6.35. The predicted octanol–water partition coefficient (Wildman–Crippen LogP) is 4.88. The van der Waals surface area contributed by atoms with Crippen molar-refractivity contribution in [2.45, 2.75) is 39.7 Å². The molecule has 0 amide bonds. The number of imidazole rings is 1. The summed E-state index contributed by atoms with van der Waals surface area (Å²) in [6.45, 7) is 7.00. The molecule has 0 fully saturated rings. The normalized spacial score (nSPS) is 11.5. The first-order valence-electron chi connectivity index (χ1n) is 9.97. The summed E-state index contributed by atoms with van der Waals surface area (Å²) in [6, 6.07) is 7.51. The van der Waals surface area contributed by atoms with Gasteiger partial charge in [0.05, 0.1) is 17.4 Å². The number of hydrogen-bond acceptors (Lipinski definition) is 4. The molecule has 0 unspecified atom stereocenters. The van der Waals surface area contributed by atoms with Gasteiger partial charge in [0.15, 0.2) is 0 Å². The van der Waals surface area contributed by atoms with E-state index in [0.717, 1.165) is 30.0 Å². The average molecular weight is 426 g/mol. The quantitative estimate of drug-likeness (QED) is 0.441. The van der Waals surface area contributed by atoms with Gasteiger partial charge >= 0.3 is 0 Å². The maximum atomic E-state index is 12.7. The lowest BCUT2D eigenvalue weighted by Crippen LogP contribution is -2.20. The van der Waals surface area contributed by atoms with Crippen molar-refractivity contribution < 1.29 is 4.74 Å². The van der Waals surface area contributed by atoms with Gasteiger partial charge in [0.25, 0.3) is 5.56 Å². The Labute approximate surface area is 179 Å². The topological polar surface area (TPSA) is 66.3 Å². The van der Waals surface area contributed by atoms with Crippen LogP contribution in [0.4, 0.5) is 0 Å². The maximum Gasteiger partial charge on any atom is 0.279 e. The molecule has 1 aromatic carbocycles. The molecule has 4 rings (SSSR count). The zero-order chi connectivity index (χ0) is 21.4. The molecule has 0 aliphatic heterocycles. The molecule has 7 nitrogen and oxygen atoms in total. The predicted molar refractivity (Wildman–Crippen MR) is 118 cm³/mol. The Hall–Kier alpha value is -3.06. The first kappa shape index (κ1) is 20.2. The van der Waals surface area contributed by atoms with E-state index in [1.54, 1.807) is 23.8 Å². The molecule has 3 aromatic heterocycles. The van der Waals surface area contributed by atoms with Gasteiger partial charge in [-0.25, -0.2) is 4.98 Å². The molecule has 0 radical (unpaired) electrons. The molecule has 0 aliphatic carbocycles. The summed E-state index contributed by atoms with van der Waals surface area (Å²) in [6.07, 6.45) is 6.24. The first-order chi connectivity index (χ1) is 14.4. The molecule has 30 heavy (non-hydrogen) atoms. The van der Waals surface area contributed by atoms with E-state index < -0.39 is 0 Å². The van der Waals surface area contributed by atoms with E-state index in [1.807, 2.05) is 49.0 Å². The average Bonchev–Trinajstić information content (AvgIpc) is 3.30. The number of nitrogens with zero attached hydrogens (tertiary/aromatic N) is 5. The number of halogens is 1. The van der Waals surface area contributed by atoms with Crippen LogP contribution in [0.15, 0.2) is 47.7 Å². The molecule has 8 heteroatoms. The van der Waals surface area contributed by atoms with E-state index in [2.05, 4.69) is 17.0 Å². The molecular weight excluding hydrogens is 402 g/mol. The van der Waals surface area contributed by atoms with Gasteiger partial charge in [-0.1, -0.05) is 32.4 Å². The minimum atomic E-state index is -0.156. The van der Waals surface area contributed by atoms with Crippen LogP contribution in [-0.4, -0.2) is 23.7 Å². The Bertz CT molecular complexity index is 1250. The third-order valence-electron chi connectivity index (χ3n) is 4.96. The molecule has 156 valence electrons. The van der Waals surface area contributed by atoms with Gasteiger partial charge < -0.3 is 4.74 Å². The van der Waals surface area contributed by atoms with Crippen molar-refractivity contribution in [3.63, 3.8) is 0 Å². The van der Waals surface area contributed by atoms with Gasteiger partial charge in [0, 0.05) is 31.3 Å². The van der Waals surface area contributed by atoms with Crippen LogP contribution in [0.25, 0.3) is 16.8 Å². The standard InChI is InChI=1S/C22H24ClN5O2/c1-5-10-27-12-17(23)20(25-27)15-6-8-16(9-7-15)30-19-13-28-18(22(29)26(19)4)11-24-21(28)14(2)3/h6-9,11-14H,5,10H2,1-4H3. The van der Waals surface area contributed by atoms with Crippen LogP contribution in [-0.2, 0) is 13.6 Å². The molecule has 0 N–H and O–H groups in total. The molecule has 0 saturated heterocycles. The number of rotatable bonds is 6. The second kappa shape index (κ2) is 7.99. The van der Waals surface area contributed by atoms with Gasteiger partial charge in [-0.15, -0.1) is 0 Å². The number of fused-ring (bicyclic) bond motifs is 1. The van der Waals surface area contributed by atoms with Crippen molar-refractivity contribution in [2.24, 2.45) is 7.05 Å². The molecule has 0 saturated carbocycles. The van der Waals surface area contributed by atoms with Crippen molar-refractivity contribution in [1.82, 2.24) is 23.7 Å². The number of aryl methyl sites for hydroxylation is 1. The van der Waals surface area contributed by atoms with Gasteiger partial charge in [0.1, 0.15) is 22.8 Å². The summed E-state index contributed by atoms with van der Waals surface area (Å²) in [5, 5.41) is 5.17. The fourth-order valence-corrected chi connectivity index (χ4v) is 3.66. The Morgan fingerprint density at radius 2 is 1.90 bits per heavy atom. The van der Waals surface area contributed by atoms with Gasteiger partial charge in [-0.3, -0.25) is 18.4 Å². The number of aromatic nitrogens is 5. The lowest BCUT2D eigenvalue weighted by atomic mass is 10.1. The Balaban J connectivity index is 1.65. The molecule has 3 heterocycles. The fraction of sp³-hybridized carbons (Fsp3) is 0.318. The summed E-state index contributed by atoms with van der Waals surface area (Å²) < 4.78 is 11.2. The minimum Gasteiger partial charge on any atom is -0.439 e. The van der Waals surface area contributed by atoms with Crippen molar-refractivity contribution in [3.05, 3.63) is 64.1 Å². The van der Waals surface area contributed by atoms with E-state index in [1.165, 1.54) is 4.57 Å². The van der Waals surface area contributed by atoms with Crippen LogP contribution < -0.4 is 10.3 Å². The third kappa shape index (κ3) is 3.61. The van der Waals surface area contributed by atoms with E-state index in [4.69, 9.17) is 16.3 Å². The fourth-order valence-electron chi connectivity index (χ4n) is 3.40. The Morgan fingerprint density at radius 3 is 2.57 bits per heavy atom. The number of hydrogen-bond donors (Lipinski definition) is 0. The lowest BCUT2D eigenvalue weighted by Gasteiger charge is -2.12. The van der Waals surface area contributed by atoms with Gasteiger partial charge in [-0.05, 0) is 30.7 Å². The smallest absolute Gasteiger partial charge is 0.279 e. The second-order valence-corrected chi connectivity index (χ2v) is 7.98. The number of benzene rings is 1. The van der Waals surface area contributed by atoms with Crippen LogP contribution in [0.3, 0.4) is 0 Å². The van der Waals surface area contributed by atoms with Gasteiger partial charge in [0.2, 0.25) is 5.88 Å². The van der Waals surface area contributed by atoms with E-state index in [-0.39, 0.29) is 11.5 Å².